The second-order valence-corrected chi connectivity index (χ2v) is 7.02. The van der Waals surface area contributed by atoms with Gasteiger partial charge in [-0.3, -0.25) is 4.79 Å². The normalized spacial score (nSPS) is 12.8. The number of hydrogen-bond donors (Lipinski definition) is 2. The second kappa shape index (κ2) is 6.97. The van der Waals surface area contributed by atoms with Crippen molar-refractivity contribution in [3.8, 4) is 11.5 Å². The third-order valence-electron chi connectivity index (χ3n) is 5.14. The number of aryl methyl sites for hydroxylation is 1. The summed E-state index contributed by atoms with van der Waals surface area (Å²) in [7, 11) is 0. The molecule has 0 fully saturated rings. The molecule has 4 aromatic rings. The number of nitrogens with two attached hydrogens (primary N) is 1. The number of aromatic nitrogens is 5. The fraction of sp³-hybridized carbons (Fsp3) is 0.190. The Balaban J connectivity index is 1.57. The SMILES string of the molecule is NC(=O)c1cccc2c(-c3nc4c(c(NCc5ccccc5)n3)CCC4)nnn12. The lowest BCUT2D eigenvalue weighted by Gasteiger charge is -2.12. The minimum atomic E-state index is -0.563. The molecule has 0 unspecified atom stereocenters. The molecule has 1 amide bonds. The van der Waals surface area contributed by atoms with Crippen LogP contribution in [0.25, 0.3) is 17.0 Å². The van der Waals surface area contributed by atoms with Crippen molar-refractivity contribution in [2.24, 2.45) is 5.73 Å². The molecule has 1 aromatic carbocycles. The Labute approximate surface area is 166 Å². The van der Waals surface area contributed by atoms with E-state index in [9.17, 15) is 4.79 Å². The number of anilines is 1. The predicted molar refractivity (Wildman–Crippen MR) is 108 cm³/mol. The number of carbonyl (C=O) groups excluding carboxylic acids is 1. The van der Waals surface area contributed by atoms with Crippen molar-refractivity contribution < 1.29 is 4.79 Å². The van der Waals surface area contributed by atoms with Crippen LogP contribution in [0.15, 0.2) is 48.5 Å². The molecule has 0 saturated carbocycles. The molecule has 5 rings (SSSR count). The Kier molecular flexibility index (Phi) is 4.16. The van der Waals surface area contributed by atoms with Crippen molar-refractivity contribution in [2.45, 2.75) is 25.8 Å². The van der Waals surface area contributed by atoms with E-state index in [0.717, 1.165) is 30.8 Å². The van der Waals surface area contributed by atoms with E-state index in [2.05, 4.69) is 27.8 Å². The van der Waals surface area contributed by atoms with Crippen molar-refractivity contribution >= 4 is 17.2 Å². The number of amides is 1. The van der Waals surface area contributed by atoms with Gasteiger partial charge in [0.1, 0.15) is 11.5 Å². The molecular weight excluding hydrogens is 366 g/mol. The molecule has 8 heteroatoms. The summed E-state index contributed by atoms with van der Waals surface area (Å²) in [6.45, 7) is 0.678. The summed E-state index contributed by atoms with van der Waals surface area (Å²) in [5.41, 5.74) is 10.3. The van der Waals surface area contributed by atoms with E-state index >= 15 is 0 Å². The van der Waals surface area contributed by atoms with E-state index in [-0.39, 0.29) is 5.69 Å². The van der Waals surface area contributed by atoms with Crippen LogP contribution < -0.4 is 11.1 Å². The van der Waals surface area contributed by atoms with Crippen LogP contribution in [0.1, 0.15) is 33.7 Å². The van der Waals surface area contributed by atoms with Crippen LogP contribution in [0.4, 0.5) is 5.82 Å². The Bertz CT molecular complexity index is 1220. The van der Waals surface area contributed by atoms with E-state index in [4.69, 9.17) is 15.7 Å². The van der Waals surface area contributed by atoms with Gasteiger partial charge < -0.3 is 11.1 Å². The van der Waals surface area contributed by atoms with Gasteiger partial charge in [0.25, 0.3) is 5.91 Å². The number of fused-ring (bicyclic) bond motifs is 2. The summed E-state index contributed by atoms with van der Waals surface area (Å²) in [6, 6.07) is 15.4. The topological polar surface area (TPSA) is 111 Å². The van der Waals surface area contributed by atoms with Gasteiger partial charge in [-0.05, 0) is 37.0 Å². The van der Waals surface area contributed by atoms with Gasteiger partial charge in [-0.25, -0.2) is 14.5 Å². The maximum Gasteiger partial charge on any atom is 0.267 e. The van der Waals surface area contributed by atoms with Gasteiger partial charge in [-0.2, -0.15) is 0 Å². The zero-order chi connectivity index (χ0) is 19.8. The molecule has 29 heavy (non-hydrogen) atoms. The van der Waals surface area contributed by atoms with Crippen LogP contribution in [0, 0.1) is 0 Å². The third-order valence-corrected chi connectivity index (χ3v) is 5.14. The Hall–Kier alpha value is -3.81. The summed E-state index contributed by atoms with van der Waals surface area (Å²) in [6.07, 6.45) is 2.93. The smallest absolute Gasteiger partial charge is 0.267 e. The summed E-state index contributed by atoms with van der Waals surface area (Å²) in [5, 5.41) is 11.8. The second-order valence-electron chi connectivity index (χ2n) is 7.02. The van der Waals surface area contributed by atoms with Crippen molar-refractivity contribution in [2.75, 3.05) is 5.32 Å². The van der Waals surface area contributed by atoms with E-state index in [1.54, 1.807) is 12.1 Å². The van der Waals surface area contributed by atoms with Gasteiger partial charge >= 0.3 is 0 Å². The average molecular weight is 385 g/mol. The highest BCUT2D eigenvalue weighted by molar-refractivity contribution is 5.92. The maximum absolute atomic E-state index is 11.7. The molecule has 3 N–H and O–H groups in total. The molecule has 0 aliphatic heterocycles. The zero-order valence-corrected chi connectivity index (χ0v) is 15.7. The fourth-order valence-electron chi connectivity index (χ4n) is 3.73. The summed E-state index contributed by atoms with van der Waals surface area (Å²) in [5.74, 6) is 0.767. The van der Waals surface area contributed by atoms with E-state index in [0.29, 0.717) is 23.6 Å². The van der Waals surface area contributed by atoms with Crippen LogP contribution in [-0.4, -0.2) is 30.7 Å². The lowest BCUT2D eigenvalue weighted by atomic mass is 10.2. The molecule has 1 aliphatic carbocycles. The number of nitrogens with zero attached hydrogens (tertiary/aromatic N) is 5. The van der Waals surface area contributed by atoms with Gasteiger partial charge in [0, 0.05) is 17.8 Å². The third kappa shape index (κ3) is 3.08. The Morgan fingerprint density at radius 2 is 1.93 bits per heavy atom. The van der Waals surface area contributed by atoms with E-state index < -0.39 is 5.91 Å². The lowest BCUT2D eigenvalue weighted by Crippen LogP contribution is -2.15. The number of pyridine rings is 1. The highest BCUT2D eigenvalue weighted by Crippen LogP contribution is 2.30. The average Bonchev–Trinajstić information content (AvgIpc) is 3.39. The summed E-state index contributed by atoms with van der Waals surface area (Å²) >= 11 is 0. The Morgan fingerprint density at radius 3 is 2.76 bits per heavy atom. The van der Waals surface area contributed by atoms with Crippen molar-refractivity contribution in [1.29, 1.82) is 0 Å². The highest BCUT2D eigenvalue weighted by Gasteiger charge is 2.22. The van der Waals surface area contributed by atoms with Crippen molar-refractivity contribution in [3.05, 3.63) is 71.0 Å². The molecule has 0 saturated heterocycles. The van der Waals surface area contributed by atoms with Crippen LogP contribution in [0.2, 0.25) is 0 Å². The van der Waals surface area contributed by atoms with Gasteiger partial charge in [0.15, 0.2) is 11.5 Å². The summed E-state index contributed by atoms with van der Waals surface area (Å²) < 4.78 is 1.44. The quantitative estimate of drug-likeness (QED) is 0.546. The van der Waals surface area contributed by atoms with Gasteiger partial charge in [-0.1, -0.05) is 41.6 Å². The molecule has 0 atom stereocenters. The number of carbonyl (C=O) groups is 1. The number of nitrogens with one attached hydrogen (secondary N) is 1. The predicted octanol–water partition coefficient (Wildman–Crippen LogP) is 2.39. The maximum atomic E-state index is 11.7. The number of rotatable bonds is 5. The fourth-order valence-corrected chi connectivity index (χ4v) is 3.73. The molecule has 0 bridgehead atoms. The van der Waals surface area contributed by atoms with E-state index in [1.165, 1.54) is 15.6 Å². The van der Waals surface area contributed by atoms with Gasteiger partial charge in [-0.15, -0.1) is 5.10 Å². The largest absolute Gasteiger partial charge is 0.366 e. The molecule has 0 spiro atoms. The molecular formula is C21H19N7O. The molecule has 144 valence electrons. The first-order valence-corrected chi connectivity index (χ1v) is 9.53. The number of hydrogen-bond acceptors (Lipinski definition) is 6. The van der Waals surface area contributed by atoms with Crippen LogP contribution in [0.5, 0.6) is 0 Å². The highest BCUT2D eigenvalue weighted by atomic mass is 16.1. The minimum absolute atomic E-state index is 0.268. The van der Waals surface area contributed by atoms with Crippen molar-refractivity contribution in [1.82, 2.24) is 24.8 Å². The van der Waals surface area contributed by atoms with Crippen LogP contribution in [-0.2, 0) is 19.4 Å². The standard InChI is InChI=1S/C21H19N7O/c22-19(29)17-11-5-10-16-18(26-27-28(16)17)21-24-15-9-4-8-14(15)20(25-21)23-12-13-6-2-1-3-7-13/h1-3,5-7,10-11H,4,8-9,12H2,(H2,22,29)(H,23,24,25). The monoisotopic (exact) mass is 385 g/mol. The molecule has 1 aliphatic rings. The molecule has 0 radical (unpaired) electrons. The lowest BCUT2D eigenvalue weighted by molar-refractivity contribution is 0.0993. The summed E-state index contributed by atoms with van der Waals surface area (Å²) in [4.78, 5) is 21.2. The molecule has 3 heterocycles. The van der Waals surface area contributed by atoms with E-state index in [1.807, 2.05) is 24.3 Å². The molecule has 8 nitrogen and oxygen atoms in total. The Morgan fingerprint density at radius 1 is 1.07 bits per heavy atom. The first kappa shape index (κ1) is 17.3. The van der Waals surface area contributed by atoms with Crippen LogP contribution >= 0.6 is 0 Å². The first-order valence-electron chi connectivity index (χ1n) is 9.53. The van der Waals surface area contributed by atoms with Gasteiger partial charge in [0.05, 0.1) is 5.52 Å². The van der Waals surface area contributed by atoms with Crippen LogP contribution in [0.3, 0.4) is 0 Å². The van der Waals surface area contributed by atoms with Crippen molar-refractivity contribution in [3.63, 3.8) is 0 Å². The minimum Gasteiger partial charge on any atom is -0.366 e. The van der Waals surface area contributed by atoms with Gasteiger partial charge in [0.2, 0.25) is 0 Å². The number of primary amides is 1. The first-order chi connectivity index (χ1) is 14.2. The number of benzene rings is 1. The zero-order valence-electron chi connectivity index (χ0n) is 15.7. The molecule has 3 aromatic heterocycles.